The van der Waals surface area contributed by atoms with Crippen LogP contribution >= 0.6 is 15.9 Å². The van der Waals surface area contributed by atoms with E-state index in [0.717, 1.165) is 26.6 Å². The molecule has 0 saturated carbocycles. The monoisotopic (exact) mass is 441 g/mol. The summed E-state index contributed by atoms with van der Waals surface area (Å²) in [7, 11) is 0. The molecular weight excluding hydrogens is 422 g/mol. The average molecular weight is 442 g/mol. The number of rotatable bonds is 6. The molecule has 0 saturated heterocycles. The van der Waals surface area contributed by atoms with Crippen LogP contribution in [0, 0.1) is 6.92 Å². The molecule has 3 rings (SSSR count). The van der Waals surface area contributed by atoms with E-state index in [1.165, 1.54) is 0 Å². The summed E-state index contributed by atoms with van der Waals surface area (Å²) in [5.74, 6) is -0.588. The molecule has 3 aromatic rings. The smallest absolute Gasteiger partial charge is 0.325 e. The molecule has 7 heteroatoms. The van der Waals surface area contributed by atoms with Gasteiger partial charge in [-0.3, -0.25) is 9.59 Å². The summed E-state index contributed by atoms with van der Waals surface area (Å²) < 4.78 is 7.87. The molecule has 0 fully saturated rings. The van der Waals surface area contributed by atoms with Gasteiger partial charge in [0.15, 0.2) is 0 Å². The van der Waals surface area contributed by atoms with Gasteiger partial charge in [0.1, 0.15) is 6.54 Å². The van der Waals surface area contributed by atoms with Gasteiger partial charge in [-0.15, -0.1) is 0 Å². The molecule has 1 aromatic heterocycles. The summed E-state index contributed by atoms with van der Waals surface area (Å²) >= 11 is 3.34. The van der Waals surface area contributed by atoms with Gasteiger partial charge in [0.2, 0.25) is 0 Å². The van der Waals surface area contributed by atoms with E-state index in [2.05, 4.69) is 26.5 Å². The highest BCUT2D eigenvalue weighted by Gasteiger charge is 2.15. The average Bonchev–Trinajstić information content (AvgIpc) is 2.94. The molecule has 0 spiro atoms. The summed E-state index contributed by atoms with van der Waals surface area (Å²) in [4.78, 5) is 24.2. The van der Waals surface area contributed by atoms with Gasteiger partial charge in [0, 0.05) is 32.2 Å². The Kier molecular flexibility index (Phi) is 6.26. The van der Waals surface area contributed by atoms with Crippen LogP contribution in [0.4, 0.5) is 0 Å². The fourth-order valence-corrected chi connectivity index (χ4v) is 3.25. The van der Waals surface area contributed by atoms with Crippen LogP contribution in [0.25, 0.3) is 10.9 Å². The molecule has 1 amide bonds. The minimum absolute atomic E-state index is 0.124. The lowest BCUT2D eigenvalue weighted by atomic mass is 10.1. The Hall–Kier alpha value is -2.93. The zero-order valence-corrected chi connectivity index (χ0v) is 17.2. The number of para-hydroxylation sites is 1. The number of nitrogens with one attached hydrogen (secondary N) is 1. The van der Waals surface area contributed by atoms with Crippen molar-refractivity contribution < 1.29 is 14.3 Å². The van der Waals surface area contributed by atoms with Gasteiger partial charge in [-0.2, -0.15) is 5.10 Å². The highest BCUT2D eigenvalue weighted by molar-refractivity contribution is 9.10. The Morgan fingerprint density at radius 3 is 2.61 bits per heavy atom. The number of hydrogen-bond acceptors (Lipinski definition) is 4. The van der Waals surface area contributed by atoms with Crippen molar-refractivity contribution in [3.05, 3.63) is 69.8 Å². The van der Waals surface area contributed by atoms with E-state index < -0.39 is 0 Å². The molecule has 0 aliphatic carbocycles. The summed E-state index contributed by atoms with van der Waals surface area (Å²) in [6, 6.07) is 14.8. The SMILES string of the molecule is CCOC(=O)Cn1c(C)c(/C=N\NC(=O)c2ccc(Br)cc2)c2ccccc21. The number of nitrogens with zero attached hydrogens (tertiary/aromatic N) is 2. The first-order valence-electron chi connectivity index (χ1n) is 8.83. The number of amides is 1. The molecule has 0 bridgehead atoms. The lowest BCUT2D eigenvalue weighted by molar-refractivity contribution is -0.143. The Labute approximate surface area is 171 Å². The fraction of sp³-hybridized carbons (Fsp3) is 0.190. The van der Waals surface area contributed by atoms with E-state index in [1.807, 2.05) is 35.8 Å². The lowest BCUT2D eigenvalue weighted by Crippen LogP contribution is -2.17. The fourth-order valence-electron chi connectivity index (χ4n) is 2.98. The van der Waals surface area contributed by atoms with Crippen molar-refractivity contribution in [1.29, 1.82) is 0 Å². The third-order valence-electron chi connectivity index (χ3n) is 4.34. The Bertz CT molecular complexity index is 1040. The molecular formula is C21H20BrN3O3. The summed E-state index contributed by atoms with van der Waals surface area (Å²) in [5, 5.41) is 5.06. The van der Waals surface area contributed by atoms with Crippen molar-refractivity contribution in [1.82, 2.24) is 9.99 Å². The van der Waals surface area contributed by atoms with E-state index in [9.17, 15) is 9.59 Å². The van der Waals surface area contributed by atoms with Crippen LogP contribution in [0.5, 0.6) is 0 Å². The van der Waals surface area contributed by atoms with Crippen LogP contribution < -0.4 is 5.43 Å². The van der Waals surface area contributed by atoms with Crippen LogP contribution in [0.1, 0.15) is 28.5 Å². The van der Waals surface area contributed by atoms with E-state index in [1.54, 1.807) is 37.4 Å². The van der Waals surface area contributed by atoms with Gasteiger partial charge in [-0.05, 0) is 44.2 Å². The van der Waals surface area contributed by atoms with Gasteiger partial charge in [0.25, 0.3) is 5.91 Å². The number of benzene rings is 2. The first kappa shape index (κ1) is 19.8. The van der Waals surface area contributed by atoms with Crippen LogP contribution in [0.3, 0.4) is 0 Å². The number of carbonyl (C=O) groups excluding carboxylic acids is 2. The van der Waals surface area contributed by atoms with Gasteiger partial charge in [0.05, 0.1) is 12.8 Å². The summed E-state index contributed by atoms with van der Waals surface area (Å²) in [5.41, 5.74) is 5.68. The number of aromatic nitrogens is 1. The summed E-state index contributed by atoms with van der Waals surface area (Å²) in [6.07, 6.45) is 1.61. The molecule has 0 atom stereocenters. The minimum atomic E-state index is -0.295. The van der Waals surface area contributed by atoms with Gasteiger partial charge < -0.3 is 9.30 Å². The number of hydrogen-bond donors (Lipinski definition) is 1. The van der Waals surface area contributed by atoms with E-state index in [-0.39, 0.29) is 18.4 Å². The third-order valence-corrected chi connectivity index (χ3v) is 4.87. The van der Waals surface area contributed by atoms with Crippen molar-refractivity contribution in [2.45, 2.75) is 20.4 Å². The quantitative estimate of drug-likeness (QED) is 0.356. The molecule has 2 aromatic carbocycles. The van der Waals surface area contributed by atoms with Crippen LogP contribution in [0.2, 0.25) is 0 Å². The van der Waals surface area contributed by atoms with Crippen molar-refractivity contribution >= 4 is 44.9 Å². The molecule has 1 N–H and O–H groups in total. The van der Waals surface area contributed by atoms with Crippen molar-refractivity contribution in [2.24, 2.45) is 5.10 Å². The number of esters is 1. The number of carbonyl (C=O) groups is 2. The minimum Gasteiger partial charge on any atom is -0.465 e. The highest BCUT2D eigenvalue weighted by Crippen LogP contribution is 2.24. The zero-order chi connectivity index (χ0) is 20.1. The lowest BCUT2D eigenvalue weighted by Gasteiger charge is -2.07. The second kappa shape index (κ2) is 8.84. The normalized spacial score (nSPS) is 11.1. The van der Waals surface area contributed by atoms with Crippen molar-refractivity contribution in [3.63, 3.8) is 0 Å². The maximum Gasteiger partial charge on any atom is 0.325 e. The van der Waals surface area contributed by atoms with Crippen LogP contribution in [0.15, 0.2) is 58.1 Å². The maximum atomic E-state index is 12.2. The number of ether oxygens (including phenoxy) is 1. The predicted octanol–water partition coefficient (Wildman–Crippen LogP) is 4.04. The van der Waals surface area contributed by atoms with E-state index >= 15 is 0 Å². The Balaban J connectivity index is 1.85. The zero-order valence-electron chi connectivity index (χ0n) is 15.6. The second-order valence-corrected chi connectivity index (χ2v) is 7.03. The molecule has 6 nitrogen and oxygen atoms in total. The standard InChI is InChI=1S/C21H20BrN3O3/c1-3-28-20(26)13-25-14(2)18(17-6-4-5-7-19(17)25)12-23-24-21(27)15-8-10-16(22)11-9-15/h4-12H,3,13H2,1-2H3,(H,24,27)/b23-12-. The van der Waals surface area contributed by atoms with Gasteiger partial charge in [-0.25, -0.2) is 5.43 Å². The molecule has 0 aliphatic rings. The largest absolute Gasteiger partial charge is 0.465 e. The number of hydrazone groups is 1. The van der Waals surface area contributed by atoms with Gasteiger partial charge in [-0.1, -0.05) is 34.1 Å². The maximum absolute atomic E-state index is 12.2. The molecule has 0 radical (unpaired) electrons. The molecule has 0 unspecified atom stereocenters. The molecule has 1 heterocycles. The summed E-state index contributed by atoms with van der Waals surface area (Å²) in [6.45, 7) is 4.16. The highest BCUT2D eigenvalue weighted by atomic mass is 79.9. The second-order valence-electron chi connectivity index (χ2n) is 6.11. The Morgan fingerprint density at radius 2 is 1.89 bits per heavy atom. The Morgan fingerprint density at radius 1 is 1.18 bits per heavy atom. The number of halogens is 1. The van der Waals surface area contributed by atoms with E-state index in [0.29, 0.717) is 12.2 Å². The van der Waals surface area contributed by atoms with Crippen LogP contribution in [-0.2, 0) is 16.1 Å². The third kappa shape index (κ3) is 4.31. The van der Waals surface area contributed by atoms with Crippen molar-refractivity contribution in [3.8, 4) is 0 Å². The molecule has 144 valence electrons. The first-order valence-corrected chi connectivity index (χ1v) is 9.63. The molecule has 0 aliphatic heterocycles. The molecule has 28 heavy (non-hydrogen) atoms. The van der Waals surface area contributed by atoms with Crippen molar-refractivity contribution in [2.75, 3.05) is 6.61 Å². The van der Waals surface area contributed by atoms with E-state index in [4.69, 9.17) is 4.74 Å². The van der Waals surface area contributed by atoms with Gasteiger partial charge >= 0.3 is 5.97 Å². The number of fused-ring (bicyclic) bond motifs is 1. The van der Waals surface area contributed by atoms with Crippen LogP contribution in [-0.4, -0.2) is 29.3 Å². The topological polar surface area (TPSA) is 72.7 Å². The first-order chi connectivity index (χ1) is 13.5. The predicted molar refractivity (Wildman–Crippen MR) is 113 cm³/mol.